The quantitative estimate of drug-likeness (QED) is 0.531. The van der Waals surface area contributed by atoms with Gasteiger partial charge >= 0.3 is 0 Å². The van der Waals surface area contributed by atoms with Crippen LogP contribution in [0.2, 0.25) is 0 Å². The lowest BCUT2D eigenvalue weighted by atomic mass is 10.1. The smallest absolute Gasteiger partial charge is 0.243 e. The highest BCUT2D eigenvalue weighted by atomic mass is 32.2. The van der Waals surface area contributed by atoms with Crippen molar-refractivity contribution in [3.05, 3.63) is 65.7 Å². The molecule has 8 heteroatoms. The summed E-state index contributed by atoms with van der Waals surface area (Å²) < 4.78 is 26.5. The minimum absolute atomic E-state index is 0.0915. The van der Waals surface area contributed by atoms with E-state index < -0.39 is 10.0 Å². The van der Waals surface area contributed by atoms with Crippen molar-refractivity contribution in [1.82, 2.24) is 9.29 Å². The predicted octanol–water partition coefficient (Wildman–Crippen LogP) is 4.41. The average Bonchev–Trinajstić information content (AvgIpc) is 3.28. The molecule has 0 bridgehead atoms. The lowest BCUT2D eigenvalue weighted by molar-refractivity contribution is -0.116. The Bertz CT molecular complexity index is 1080. The van der Waals surface area contributed by atoms with Gasteiger partial charge in [-0.1, -0.05) is 38.1 Å². The summed E-state index contributed by atoms with van der Waals surface area (Å²) in [7, 11) is -3.46. The summed E-state index contributed by atoms with van der Waals surface area (Å²) >= 11 is 1.55. The Labute approximate surface area is 181 Å². The second-order valence-corrected chi connectivity index (χ2v) is 9.53. The van der Waals surface area contributed by atoms with Gasteiger partial charge in [-0.15, -0.1) is 11.3 Å². The molecule has 0 aliphatic heterocycles. The van der Waals surface area contributed by atoms with Crippen molar-refractivity contribution in [1.29, 1.82) is 0 Å². The van der Waals surface area contributed by atoms with Crippen molar-refractivity contribution in [3.8, 4) is 10.6 Å². The maximum absolute atomic E-state index is 12.5. The van der Waals surface area contributed by atoms with E-state index in [0.717, 1.165) is 21.8 Å². The topological polar surface area (TPSA) is 79.4 Å². The minimum Gasteiger partial charge on any atom is -0.326 e. The van der Waals surface area contributed by atoms with E-state index >= 15 is 0 Å². The van der Waals surface area contributed by atoms with Crippen LogP contribution in [0.15, 0.2) is 65.0 Å². The Morgan fingerprint density at radius 2 is 1.83 bits per heavy atom. The molecule has 0 saturated carbocycles. The monoisotopic (exact) mass is 443 g/mol. The van der Waals surface area contributed by atoms with Crippen molar-refractivity contribution in [2.24, 2.45) is 0 Å². The van der Waals surface area contributed by atoms with Gasteiger partial charge in [0.2, 0.25) is 15.9 Å². The summed E-state index contributed by atoms with van der Waals surface area (Å²) in [5.41, 5.74) is 2.61. The van der Waals surface area contributed by atoms with Crippen molar-refractivity contribution in [2.75, 3.05) is 18.4 Å². The third kappa shape index (κ3) is 5.33. The summed E-state index contributed by atoms with van der Waals surface area (Å²) in [6, 6.07) is 14.4. The highest BCUT2D eigenvalue weighted by Gasteiger charge is 2.21. The van der Waals surface area contributed by atoms with Crippen LogP contribution in [0, 0.1) is 0 Å². The molecule has 30 heavy (non-hydrogen) atoms. The fourth-order valence-corrected chi connectivity index (χ4v) is 5.21. The van der Waals surface area contributed by atoms with E-state index in [2.05, 4.69) is 10.3 Å². The number of amides is 1. The van der Waals surface area contributed by atoms with E-state index in [4.69, 9.17) is 0 Å². The van der Waals surface area contributed by atoms with Crippen LogP contribution < -0.4 is 5.32 Å². The Morgan fingerprint density at radius 3 is 2.47 bits per heavy atom. The molecule has 3 aromatic rings. The maximum Gasteiger partial charge on any atom is 0.243 e. The zero-order chi connectivity index (χ0) is 21.6. The second kappa shape index (κ2) is 9.97. The van der Waals surface area contributed by atoms with E-state index in [1.54, 1.807) is 41.8 Å². The lowest BCUT2D eigenvalue weighted by Crippen LogP contribution is -2.30. The third-order valence-corrected chi connectivity index (χ3v) is 7.62. The number of hydrogen-bond donors (Lipinski definition) is 1. The van der Waals surface area contributed by atoms with Crippen LogP contribution in [0.4, 0.5) is 5.69 Å². The molecule has 0 unspecified atom stereocenters. The van der Waals surface area contributed by atoms with E-state index in [1.165, 1.54) is 4.31 Å². The van der Waals surface area contributed by atoms with E-state index in [-0.39, 0.29) is 10.8 Å². The van der Waals surface area contributed by atoms with Gasteiger partial charge in [-0.25, -0.2) is 13.4 Å². The molecular weight excluding hydrogens is 418 g/mol. The fraction of sp³-hybridized carbons (Fsp3) is 0.273. The highest BCUT2D eigenvalue weighted by Crippen LogP contribution is 2.24. The highest BCUT2D eigenvalue weighted by molar-refractivity contribution is 7.89. The Morgan fingerprint density at radius 1 is 1.10 bits per heavy atom. The molecule has 3 rings (SSSR count). The van der Waals surface area contributed by atoms with E-state index in [0.29, 0.717) is 25.9 Å². The third-order valence-electron chi connectivity index (χ3n) is 4.73. The van der Waals surface area contributed by atoms with Gasteiger partial charge in [0.25, 0.3) is 0 Å². The number of nitrogens with one attached hydrogen (secondary N) is 1. The van der Waals surface area contributed by atoms with Gasteiger partial charge in [-0.05, 0) is 36.2 Å². The van der Waals surface area contributed by atoms with Gasteiger partial charge < -0.3 is 5.32 Å². The van der Waals surface area contributed by atoms with E-state index in [9.17, 15) is 13.2 Å². The number of aryl methyl sites for hydroxylation is 1. The molecule has 1 amide bonds. The molecule has 6 nitrogen and oxygen atoms in total. The number of hydrogen-bond acceptors (Lipinski definition) is 5. The number of anilines is 1. The first-order valence-corrected chi connectivity index (χ1v) is 12.1. The molecule has 0 radical (unpaired) electrons. The molecule has 158 valence electrons. The molecule has 2 aromatic carbocycles. The fourth-order valence-electron chi connectivity index (χ4n) is 3.12. The number of rotatable bonds is 9. The number of sulfonamides is 1. The Balaban J connectivity index is 1.58. The molecule has 0 aliphatic carbocycles. The van der Waals surface area contributed by atoms with Gasteiger partial charge in [0.05, 0.1) is 4.90 Å². The molecule has 0 atom stereocenters. The maximum atomic E-state index is 12.5. The average molecular weight is 444 g/mol. The first-order chi connectivity index (χ1) is 14.4. The summed E-state index contributed by atoms with van der Waals surface area (Å²) in [5, 5.41) is 5.74. The van der Waals surface area contributed by atoms with E-state index in [1.807, 2.05) is 43.5 Å². The first kappa shape index (κ1) is 22.1. The molecule has 0 saturated heterocycles. The van der Waals surface area contributed by atoms with Gasteiger partial charge in [0.15, 0.2) is 0 Å². The second-order valence-electron chi connectivity index (χ2n) is 6.70. The first-order valence-electron chi connectivity index (χ1n) is 9.83. The summed E-state index contributed by atoms with van der Waals surface area (Å²) in [5.74, 6) is -0.0915. The normalized spacial score (nSPS) is 11.6. The molecule has 1 aromatic heterocycles. The largest absolute Gasteiger partial charge is 0.326 e. The molecular formula is C22H25N3O3S2. The predicted molar refractivity (Wildman–Crippen MR) is 121 cm³/mol. The van der Waals surface area contributed by atoms with Crippen LogP contribution in [0.3, 0.4) is 0 Å². The molecule has 0 fully saturated rings. The van der Waals surface area contributed by atoms with Crippen LogP contribution in [0.1, 0.15) is 25.8 Å². The summed E-state index contributed by atoms with van der Waals surface area (Å²) in [6.07, 6.45) is 2.59. The SMILES string of the molecule is CCN(CC)S(=O)(=O)c1ccc(CCC(=O)Nc2cccc(-c3nccs3)c2)cc1. The van der Waals surface area contributed by atoms with Crippen molar-refractivity contribution in [2.45, 2.75) is 31.6 Å². The number of carbonyl (C=O) groups excluding carboxylic acids is 1. The Hall–Kier alpha value is -2.55. The van der Waals surface area contributed by atoms with Gasteiger partial charge in [0, 0.05) is 42.3 Å². The number of aromatic nitrogens is 1. The zero-order valence-corrected chi connectivity index (χ0v) is 18.7. The van der Waals surface area contributed by atoms with Crippen LogP contribution in [0.25, 0.3) is 10.6 Å². The van der Waals surface area contributed by atoms with Crippen LogP contribution in [0.5, 0.6) is 0 Å². The van der Waals surface area contributed by atoms with Gasteiger partial charge in [-0.2, -0.15) is 4.31 Å². The number of carbonyl (C=O) groups is 1. The van der Waals surface area contributed by atoms with Gasteiger partial charge in [0.1, 0.15) is 5.01 Å². The van der Waals surface area contributed by atoms with Crippen LogP contribution in [-0.4, -0.2) is 36.7 Å². The van der Waals surface area contributed by atoms with Crippen molar-refractivity contribution in [3.63, 3.8) is 0 Å². The Kier molecular flexibility index (Phi) is 7.36. The van der Waals surface area contributed by atoms with Crippen LogP contribution >= 0.6 is 11.3 Å². The van der Waals surface area contributed by atoms with Gasteiger partial charge in [-0.3, -0.25) is 4.79 Å². The lowest BCUT2D eigenvalue weighted by Gasteiger charge is -2.18. The molecule has 1 N–H and O–H groups in total. The number of benzene rings is 2. The number of thiazole rings is 1. The van der Waals surface area contributed by atoms with Crippen LogP contribution in [-0.2, 0) is 21.2 Å². The summed E-state index contributed by atoms with van der Waals surface area (Å²) in [4.78, 5) is 16.9. The van der Waals surface area contributed by atoms with Crippen molar-refractivity contribution >= 4 is 33.0 Å². The standard InChI is InChI=1S/C22H25N3O3S2/c1-3-25(4-2)30(27,28)20-11-8-17(9-12-20)10-13-21(26)24-19-7-5-6-18(16-19)22-23-14-15-29-22/h5-9,11-12,14-16H,3-4,10,13H2,1-2H3,(H,24,26). The molecule has 0 aliphatic rings. The number of nitrogens with zero attached hydrogens (tertiary/aromatic N) is 2. The minimum atomic E-state index is -3.46. The van der Waals surface area contributed by atoms with Crippen molar-refractivity contribution < 1.29 is 13.2 Å². The molecule has 1 heterocycles. The molecule has 0 spiro atoms. The summed E-state index contributed by atoms with van der Waals surface area (Å²) in [6.45, 7) is 4.51. The zero-order valence-electron chi connectivity index (χ0n) is 17.0.